The van der Waals surface area contributed by atoms with E-state index in [1.165, 1.54) is 12.0 Å². The van der Waals surface area contributed by atoms with E-state index in [2.05, 4.69) is 24.4 Å². The van der Waals surface area contributed by atoms with E-state index < -0.39 is 0 Å². The molecule has 0 aromatic heterocycles. The molecule has 1 unspecified atom stereocenters. The summed E-state index contributed by atoms with van der Waals surface area (Å²) in [6.45, 7) is 3.29. The Morgan fingerprint density at radius 1 is 1.22 bits per heavy atom. The second-order valence-electron chi connectivity index (χ2n) is 4.77. The largest absolute Gasteiger partial charge is 0.496 e. The van der Waals surface area contributed by atoms with Crippen LogP contribution in [0.25, 0.3) is 0 Å². The lowest BCUT2D eigenvalue weighted by Crippen LogP contribution is -2.33. The summed E-state index contributed by atoms with van der Waals surface area (Å²) in [7, 11) is 3.45. The molecule has 2 rings (SSSR count). The Bertz CT molecular complexity index is 428. The van der Waals surface area contributed by atoms with E-state index in [9.17, 15) is 0 Å². The highest BCUT2D eigenvalue weighted by molar-refractivity contribution is 7.98. The molecule has 1 aliphatic rings. The van der Waals surface area contributed by atoms with Gasteiger partial charge in [-0.1, -0.05) is 0 Å². The Balaban J connectivity index is 2.51. The van der Waals surface area contributed by atoms with Crippen molar-refractivity contribution < 1.29 is 9.47 Å². The number of hydrogen-bond donors (Lipinski definition) is 1. The lowest BCUT2D eigenvalue weighted by atomic mass is 9.89. The number of methoxy groups -OCH3 is 2. The average Bonchev–Trinajstić information content (AvgIpc) is 2.85. The normalized spacial score (nSPS) is 23.1. The van der Waals surface area contributed by atoms with Crippen LogP contribution in [0.2, 0.25) is 0 Å². The van der Waals surface area contributed by atoms with Crippen LogP contribution in [0.1, 0.15) is 25.3 Å². The number of benzene rings is 1. The molecule has 1 fully saturated rings. The van der Waals surface area contributed by atoms with Crippen LogP contribution < -0.4 is 14.8 Å². The fraction of sp³-hybridized carbons (Fsp3) is 0.571. The average molecular weight is 267 g/mol. The first-order valence-electron chi connectivity index (χ1n) is 6.20. The molecule has 1 aliphatic heterocycles. The Morgan fingerprint density at radius 3 is 2.44 bits per heavy atom. The first-order valence-corrected chi connectivity index (χ1v) is 7.42. The summed E-state index contributed by atoms with van der Waals surface area (Å²) in [5.74, 6) is 1.87. The molecule has 4 heteroatoms. The van der Waals surface area contributed by atoms with Crippen LogP contribution >= 0.6 is 11.8 Å². The minimum atomic E-state index is -0.00440. The molecule has 1 aromatic rings. The SMILES string of the molecule is COc1cc(C2(C)CCCN2)c(OC)cc1SC. The molecule has 3 nitrogen and oxygen atoms in total. The molecule has 0 spiro atoms. The molecule has 0 amide bonds. The van der Waals surface area contributed by atoms with Gasteiger partial charge in [0.25, 0.3) is 0 Å². The number of rotatable bonds is 4. The van der Waals surface area contributed by atoms with E-state index in [1.807, 2.05) is 6.26 Å². The molecular formula is C14H21NO2S. The molecule has 18 heavy (non-hydrogen) atoms. The predicted molar refractivity (Wildman–Crippen MR) is 75.9 cm³/mol. The minimum absolute atomic E-state index is 0.00440. The quantitative estimate of drug-likeness (QED) is 0.850. The van der Waals surface area contributed by atoms with Crippen molar-refractivity contribution in [2.45, 2.75) is 30.2 Å². The topological polar surface area (TPSA) is 30.5 Å². The van der Waals surface area contributed by atoms with Gasteiger partial charge < -0.3 is 14.8 Å². The Hall–Kier alpha value is -0.870. The summed E-state index contributed by atoms with van der Waals surface area (Å²) in [4.78, 5) is 1.11. The lowest BCUT2D eigenvalue weighted by Gasteiger charge is -2.28. The Morgan fingerprint density at radius 2 is 1.94 bits per heavy atom. The second-order valence-corrected chi connectivity index (χ2v) is 5.62. The van der Waals surface area contributed by atoms with Crippen LogP contribution in [0.3, 0.4) is 0 Å². The van der Waals surface area contributed by atoms with E-state index in [1.54, 1.807) is 26.0 Å². The van der Waals surface area contributed by atoms with Crippen molar-refractivity contribution in [1.29, 1.82) is 0 Å². The van der Waals surface area contributed by atoms with Gasteiger partial charge in [0.1, 0.15) is 11.5 Å². The highest BCUT2D eigenvalue weighted by Gasteiger charge is 2.33. The zero-order chi connectivity index (χ0) is 13.2. The van der Waals surface area contributed by atoms with Gasteiger partial charge in [0.05, 0.1) is 19.1 Å². The fourth-order valence-corrected chi connectivity index (χ4v) is 3.15. The lowest BCUT2D eigenvalue weighted by molar-refractivity contribution is 0.360. The first kappa shape index (κ1) is 13.6. The molecule has 1 heterocycles. The Labute approximate surface area is 113 Å². The van der Waals surface area contributed by atoms with E-state index >= 15 is 0 Å². The predicted octanol–water partition coefficient (Wildman–Crippen LogP) is 3.02. The van der Waals surface area contributed by atoms with Crippen molar-refractivity contribution in [1.82, 2.24) is 5.32 Å². The van der Waals surface area contributed by atoms with Gasteiger partial charge in [0, 0.05) is 11.1 Å². The van der Waals surface area contributed by atoms with Crippen LogP contribution in [0.15, 0.2) is 17.0 Å². The molecule has 100 valence electrons. The molecule has 1 aromatic carbocycles. The van der Waals surface area contributed by atoms with Gasteiger partial charge in [0.2, 0.25) is 0 Å². The van der Waals surface area contributed by atoms with Crippen molar-refractivity contribution in [3.63, 3.8) is 0 Å². The maximum absolute atomic E-state index is 5.56. The van der Waals surface area contributed by atoms with E-state index in [4.69, 9.17) is 9.47 Å². The third-order valence-corrected chi connectivity index (χ3v) is 4.43. The molecule has 0 bridgehead atoms. The Kier molecular flexibility index (Phi) is 4.07. The standard InChI is InChI=1S/C14H21NO2S/c1-14(6-5-7-15-14)10-8-12(17-3)13(18-4)9-11(10)16-2/h8-9,15H,5-7H2,1-4H3. The number of hydrogen-bond acceptors (Lipinski definition) is 4. The fourth-order valence-electron chi connectivity index (χ4n) is 2.58. The van der Waals surface area contributed by atoms with Crippen molar-refractivity contribution in [2.75, 3.05) is 27.0 Å². The van der Waals surface area contributed by atoms with Crippen molar-refractivity contribution in [3.05, 3.63) is 17.7 Å². The summed E-state index contributed by atoms with van der Waals surface area (Å²) in [5, 5.41) is 3.57. The first-order chi connectivity index (χ1) is 8.64. The highest BCUT2D eigenvalue weighted by atomic mass is 32.2. The maximum atomic E-state index is 5.56. The summed E-state index contributed by atoms with van der Waals surface area (Å²) in [6, 6.07) is 4.19. The van der Waals surface area contributed by atoms with Gasteiger partial charge in [-0.2, -0.15) is 0 Å². The monoisotopic (exact) mass is 267 g/mol. The van der Waals surface area contributed by atoms with E-state index in [-0.39, 0.29) is 5.54 Å². The van der Waals surface area contributed by atoms with E-state index in [0.717, 1.165) is 29.4 Å². The van der Waals surface area contributed by atoms with Crippen molar-refractivity contribution in [3.8, 4) is 11.5 Å². The van der Waals surface area contributed by atoms with Gasteiger partial charge in [-0.3, -0.25) is 0 Å². The summed E-state index contributed by atoms with van der Waals surface area (Å²) in [5.41, 5.74) is 1.19. The smallest absolute Gasteiger partial charge is 0.133 e. The van der Waals surface area contributed by atoms with Gasteiger partial charge in [-0.05, 0) is 44.7 Å². The van der Waals surface area contributed by atoms with Crippen LogP contribution in [0, 0.1) is 0 Å². The van der Waals surface area contributed by atoms with Crippen LogP contribution in [-0.4, -0.2) is 27.0 Å². The van der Waals surface area contributed by atoms with Crippen LogP contribution in [-0.2, 0) is 5.54 Å². The molecule has 1 atom stereocenters. The summed E-state index contributed by atoms with van der Waals surface area (Å²) >= 11 is 1.67. The molecule has 0 saturated carbocycles. The molecular weight excluding hydrogens is 246 g/mol. The van der Waals surface area contributed by atoms with Crippen molar-refractivity contribution >= 4 is 11.8 Å². The third-order valence-electron chi connectivity index (χ3n) is 3.67. The molecule has 0 radical (unpaired) electrons. The highest BCUT2D eigenvalue weighted by Crippen LogP contribution is 2.42. The zero-order valence-corrected chi connectivity index (χ0v) is 12.3. The van der Waals surface area contributed by atoms with Crippen LogP contribution in [0.4, 0.5) is 0 Å². The minimum Gasteiger partial charge on any atom is -0.496 e. The summed E-state index contributed by atoms with van der Waals surface area (Å²) < 4.78 is 11.0. The van der Waals surface area contributed by atoms with Crippen LogP contribution in [0.5, 0.6) is 11.5 Å². The van der Waals surface area contributed by atoms with Gasteiger partial charge in [-0.15, -0.1) is 11.8 Å². The summed E-state index contributed by atoms with van der Waals surface area (Å²) in [6.07, 6.45) is 4.38. The number of nitrogens with one attached hydrogen (secondary N) is 1. The molecule has 1 saturated heterocycles. The molecule has 0 aliphatic carbocycles. The number of thioether (sulfide) groups is 1. The maximum Gasteiger partial charge on any atom is 0.133 e. The van der Waals surface area contributed by atoms with Crippen molar-refractivity contribution in [2.24, 2.45) is 0 Å². The number of ether oxygens (including phenoxy) is 2. The second kappa shape index (κ2) is 5.41. The molecule has 1 N–H and O–H groups in total. The third kappa shape index (κ3) is 2.31. The van der Waals surface area contributed by atoms with E-state index in [0.29, 0.717) is 0 Å². The van der Waals surface area contributed by atoms with Gasteiger partial charge in [0.15, 0.2) is 0 Å². The van der Waals surface area contributed by atoms with Gasteiger partial charge in [-0.25, -0.2) is 0 Å². The zero-order valence-electron chi connectivity index (χ0n) is 11.5. The van der Waals surface area contributed by atoms with Gasteiger partial charge >= 0.3 is 0 Å².